The van der Waals surface area contributed by atoms with E-state index in [-0.39, 0.29) is 0 Å². The van der Waals surface area contributed by atoms with Crippen molar-refractivity contribution in [2.75, 3.05) is 14.2 Å². The van der Waals surface area contributed by atoms with Gasteiger partial charge in [0.05, 0.1) is 19.7 Å². The average molecular weight is 377 g/mol. The average Bonchev–Trinajstić information content (AvgIpc) is 2.57. The zero-order valence-corrected chi connectivity index (χ0v) is 16.8. The molecule has 25 heavy (non-hydrogen) atoms. The van der Waals surface area contributed by atoms with E-state index in [2.05, 4.69) is 13.1 Å². The minimum Gasteiger partial charge on any atom is -0.496 e. The Bertz CT molecular complexity index is 899. The van der Waals surface area contributed by atoms with E-state index >= 15 is 0 Å². The molecule has 0 bridgehead atoms. The van der Waals surface area contributed by atoms with Crippen LogP contribution in [0.1, 0.15) is 27.9 Å². The molecule has 1 aromatic heterocycles. The number of hydrogen-bond donors (Lipinski definition) is 1. The summed E-state index contributed by atoms with van der Waals surface area (Å²) < 4.78 is 8.07. The Morgan fingerprint density at radius 3 is 2.56 bits per heavy atom. The summed E-state index contributed by atoms with van der Waals surface area (Å²) in [4.78, 5) is 1.21. The van der Waals surface area contributed by atoms with E-state index in [4.69, 9.17) is 28.6 Å². The first-order valence-corrected chi connectivity index (χ1v) is 8.83. The summed E-state index contributed by atoms with van der Waals surface area (Å²) in [7, 11) is 3.74. The molecule has 1 heterocycles. The maximum atomic E-state index is 9.44. The van der Waals surface area contributed by atoms with Crippen molar-refractivity contribution in [2.45, 2.75) is 34.0 Å². The molecular formula is C19H23ClN3OS+. The molecule has 2 rings (SSSR count). The summed E-state index contributed by atoms with van der Waals surface area (Å²) in [5.41, 5.74) is 4.81. The molecule has 0 radical (unpaired) electrons. The monoisotopic (exact) mass is 376 g/mol. The highest BCUT2D eigenvalue weighted by Gasteiger charge is 2.16. The Morgan fingerprint density at radius 2 is 1.96 bits per heavy atom. The van der Waals surface area contributed by atoms with E-state index in [1.54, 1.807) is 7.11 Å². The fourth-order valence-corrected chi connectivity index (χ4v) is 3.56. The molecule has 132 valence electrons. The van der Waals surface area contributed by atoms with Gasteiger partial charge in [0.15, 0.2) is 6.67 Å². The number of pyridine rings is 1. The molecule has 0 saturated carbocycles. The Balaban J connectivity index is 2.35. The van der Waals surface area contributed by atoms with E-state index in [9.17, 15) is 5.26 Å². The molecular weight excluding hydrogens is 354 g/mol. The normalized spacial score (nSPS) is 11.9. The molecule has 1 atom stereocenters. The predicted molar refractivity (Wildman–Crippen MR) is 103 cm³/mol. The molecule has 2 aromatic rings. The van der Waals surface area contributed by atoms with E-state index in [1.165, 1.54) is 4.90 Å². The quantitative estimate of drug-likeness (QED) is 0.814. The number of nitriles is 1. The third-order valence-corrected chi connectivity index (χ3v) is 5.28. The summed E-state index contributed by atoms with van der Waals surface area (Å²) in [6.45, 7) is 7.43. The number of nitrogens with zero attached hydrogens (tertiary/aromatic N) is 2. The first-order valence-electron chi connectivity index (χ1n) is 8.04. The van der Waals surface area contributed by atoms with Crippen molar-refractivity contribution in [1.82, 2.24) is 4.57 Å². The van der Waals surface area contributed by atoms with Gasteiger partial charge >= 0.3 is 0 Å². The van der Waals surface area contributed by atoms with Gasteiger partial charge in [0.2, 0.25) is 0 Å². The van der Waals surface area contributed by atoms with Gasteiger partial charge in [-0.2, -0.15) is 5.26 Å². The van der Waals surface area contributed by atoms with Crippen molar-refractivity contribution in [1.29, 1.82) is 5.26 Å². The van der Waals surface area contributed by atoms with E-state index in [1.807, 2.05) is 43.5 Å². The molecule has 0 spiro atoms. The molecule has 0 fully saturated rings. The van der Waals surface area contributed by atoms with Crippen molar-refractivity contribution >= 4 is 23.8 Å². The first-order chi connectivity index (χ1) is 11.8. The number of quaternary nitrogens is 1. The minimum atomic E-state index is 0.589. The summed E-state index contributed by atoms with van der Waals surface area (Å²) in [5.74, 6) is 0.821. The Morgan fingerprint density at radius 1 is 1.28 bits per heavy atom. The molecule has 0 saturated heterocycles. The molecule has 1 unspecified atom stereocenters. The second-order valence-corrected chi connectivity index (χ2v) is 7.13. The minimum absolute atomic E-state index is 0.589. The topological polar surface area (TPSA) is 42.4 Å². The summed E-state index contributed by atoms with van der Waals surface area (Å²) >= 11 is 11.7. The number of halogens is 1. The number of aromatic nitrogens is 1. The number of hydrogen-bond acceptors (Lipinski definition) is 3. The number of rotatable bonds is 5. The lowest BCUT2D eigenvalue weighted by Gasteiger charge is -2.21. The lowest BCUT2D eigenvalue weighted by molar-refractivity contribution is -0.917. The van der Waals surface area contributed by atoms with Crippen LogP contribution in [0.4, 0.5) is 0 Å². The summed E-state index contributed by atoms with van der Waals surface area (Å²) in [6.07, 6.45) is 0. The molecule has 0 amide bonds. The molecule has 4 nitrogen and oxygen atoms in total. The largest absolute Gasteiger partial charge is 0.496 e. The van der Waals surface area contributed by atoms with Gasteiger partial charge in [0, 0.05) is 16.3 Å². The van der Waals surface area contributed by atoms with Crippen LogP contribution in [0.3, 0.4) is 0 Å². The van der Waals surface area contributed by atoms with Crippen LogP contribution >= 0.6 is 23.8 Å². The van der Waals surface area contributed by atoms with Crippen LogP contribution in [0, 0.1) is 36.7 Å². The number of benzene rings is 1. The second kappa shape index (κ2) is 8.01. The van der Waals surface area contributed by atoms with Crippen LogP contribution in [0.5, 0.6) is 5.75 Å². The smallest absolute Gasteiger partial charge is 0.157 e. The van der Waals surface area contributed by atoms with Crippen molar-refractivity contribution in [3.8, 4) is 11.8 Å². The van der Waals surface area contributed by atoms with Crippen LogP contribution in [0.15, 0.2) is 18.2 Å². The van der Waals surface area contributed by atoms with Gasteiger partial charge in [-0.1, -0.05) is 23.8 Å². The first kappa shape index (κ1) is 19.5. The van der Waals surface area contributed by atoms with Crippen molar-refractivity contribution in [3.63, 3.8) is 0 Å². The van der Waals surface area contributed by atoms with Gasteiger partial charge in [0.25, 0.3) is 0 Å². The summed E-state index contributed by atoms with van der Waals surface area (Å²) in [5, 5.41) is 10.1. The standard InChI is InChI=1S/C19H22ClN3OS/c1-12-13(2)17(9-21)19(25)23(14(12)3)11-22(4)10-15-8-16(20)6-7-18(15)24-5/h6-8H,10-11H2,1-5H3/p+1. The zero-order valence-electron chi connectivity index (χ0n) is 15.2. The second-order valence-electron chi connectivity index (χ2n) is 6.30. The highest BCUT2D eigenvalue weighted by Crippen LogP contribution is 2.22. The van der Waals surface area contributed by atoms with Crippen LogP contribution < -0.4 is 9.64 Å². The van der Waals surface area contributed by atoms with Crippen molar-refractivity contribution in [3.05, 3.63) is 55.8 Å². The Hall–Kier alpha value is -1.87. The molecule has 6 heteroatoms. The van der Waals surface area contributed by atoms with Crippen LogP contribution in [-0.2, 0) is 13.2 Å². The van der Waals surface area contributed by atoms with Crippen LogP contribution in [0.25, 0.3) is 0 Å². The van der Waals surface area contributed by atoms with E-state index in [0.717, 1.165) is 34.7 Å². The van der Waals surface area contributed by atoms with Crippen LogP contribution in [-0.4, -0.2) is 18.7 Å². The van der Waals surface area contributed by atoms with Gasteiger partial charge in [-0.25, -0.2) is 0 Å². The Kier molecular flexibility index (Phi) is 6.23. The summed E-state index contributed by atoms with van der Waals surface area (Å²) in [6, 6.07) is 7.88. The van der Waals surface area contributed by atoms with Gasteiger partial charge < -0.3 is 9.64 Å². The highest BCUT2D eigenvalue weighted by molar-refractivity contribution is 7.71. The molecule has 0 aliphatic rings. The number of nitrogens with one attached hydrogen (secondary N) is 1. The highest BCUT2D eigenvalue weighted by atomic mass is 35.5. The van der Waals surface area contributed by atoms with Crippen molar-refractivity contribution in [2.24, 2.45) is 0 Å². The molecule has 0 aliphatic carbocycles. The maximum absolute atomic E-state index is 9.44. The SMILES string of the molecule is COc1ccc(Cl)cc1C[NH+](C)Cn1c(C)c(C)c(C)c(C#N)c1=S. The number of methoxy groups -OCH3 is 1. The maximum Gasteiger partial charge on any atom is 0.157 e. The fraction of sp³-hybridized carbons (Fsp3) is 0.368. The predicted octanol–water partition coefficient (Wildman–Crippen LogP) is 3.35. The lowest BCUT2D eigenvalue weighted by Crippen LogP contribution is -3.07. The van der Waals surface area contributed by atoms with Crippen molar-refractivity contribution < 1.29 is 9.64 Å². The molecule has 1 N–H and O–H groups in total. The third kappa shape index (κ3) is 4.04. The molecule has 1 aromatic carbocycles. The third-order valence-electron chi connectivity index (χ3n) is 4.62. The van der Waals surface area contributed by atoms with Gasteiger partial charge in [-0.05, 0) is 50.1 Å². The fourth-order valence-electron chi connectivity index (χ4n) is 2.97. The van der Waals surface area contributed by atoms with E-state index in [0.29, 0.717) is 21.9 Å². The lowest BCUT2D eigenvalue weighted by atomic mass is 10.0. The molecule has 0 aliphatic heterocycles. The zero-order chi connectivity index (χ0) is 18.7. The van der Waals surface area contributed by atoms with Crippen LogP contribution in [0.2, 0.25) is 5.02 Å². The van der Waals surface area contributed by atoms with E-state index < -0.39 is 0 Å². The van der Waals surface area contributed by atoms with Gasteiger partial charge in [0.1, 0.15) is 23.0 Å². The van der Waals surface area contributed by atoms with Gasteiger partial charge in [-0.15, -0.1) is 0 Å². The number of ether oxygens (including phenoxy) is 1. The van der Waals surface area contributed by atoms with Gasteiger partial charge in [-0.3, -0.25) is 4.57 Å². The Labute approximate surface area is 159 Å².